The molecule has 1 aromatic carbocycles. The monoisotopic (exact) mass is 260 g/mol. The first-order valence-corrected chi connectivity index (χ1v) is 7.37. The molecule has 0 radical (unpaired) electrons. The maximum atomic E-state index is 11.7. The highest BCUT2D eigenvalue weighted by atomic mass is 16.1. The smallest absolute Gasteiger partial charge is 0.238 e. The Hall–Kier alpha value is -1.35. The molecule has 1 amide bonds. The highest BCUT2D eigenvalue weighted by Gasteiger charge is 2.20. The lowest BCUT2D eigenvalue weighted by molar-refractivity contribution is -0.115. The van der Waals surface area contributed by atoms with Crippen LogP contribution in [0.15, 0.2) is 24.3 Å². The van der Waals surface area contributed by atoms with Gasteiger partial charge in [0, 0.05) is 5.69 Å². The number of aryl methyl sites for hydroxylation is 1. The molecule has 2 N–H and O–H groups in total. The molecule has 0 bridgehead atoms. The van der Waals surface area contributed by atoms with E-state index in [2.05, 4.69) is 29.7 Å². The Balaban J connectivity index is 1.69. The average Bonchev–Trinajstić information content (AvgIpc) is 3.22. The number of carbonyl (C=O) groups is 1. The van der Waals surface area contributed by atoms with Gasteiger partial charge in [-0.3, -0.25) is 4.79 Å². The normalized spacial score (nSPS) is 14.4. The maximum absolute atomic E-state index is 11.7. The van der Waals surface area contributed by atoms with Crippen LogP contribution in [0, 0.1) is 5.92 Å². The summed E-state index contributed by atoms with van der Waals surface area (Å²) in [5.41, 5.74) is 2.23. The van der Waals surface area contributed by atoms with Crippen LogP contribution in [0.4, 0.5) is 5.69 Å². The molecule has 0 aliphatic heterocycles. The molecule has 3 heteroatoms. The van der Waals surface area contributed by atoms with Crippen LogP contribution in [0.1, 0.15) is 38.2 Å². The molecule has 1 aliphatic rings. The first-order valence-electron chi connectivity index (χ1n) is 7.37. The summed E-state index contributed by atoms with van der Waals surface area (Å²) >= 11 is 0. The average molecular weight is 260 g/mol. The van der Waals surface area contributed by atoms with Crippen molar-refractivity contribution in [3.05, 3.63) is 29.8 Å². The summed E-state index contributed by atoms with van der Waals surface area (Å²) in [5, 5.41) is 6.11. The van der Waals surface area contributed by atoms with Crippen LogP contribution in [0.25, 0.3) is 0 Å². The second-order valence-electron chi connectivity index (χ2n) is 5.42. The third kappa shape index (κ3) is 5.43. The van der Waals surface area contributed by atoms with Gasteiger partial charge in [0.05, 0.1) is 6.54 Å². The first kappa shape index (κ1) is 14.1. The number of carbonyl (C=O) groups excluding carboxylic acids is 1. The van der Waals surface area contributed by atoms with Gasteiger partial charge in [0.2, 0.25) is 5.91 Å². The van der Waals surface area contributed by atoms with Gasteiger partial charge in [-0.15, -0.1) is 0 Å². The van der Waals surface area contributed by atoms with Crippen molar-refractivity contribution in [2.24, 2.45) is 5.92 Å². The number of hydrogen-bond acceptors (Lipinski definition) is 2. The number of rotatable bonds is 8. The SMILES string of the molecule is CCCCc1ccc(NC(=O)CNCC2CC2)cc1. The summed E-state index contributed by atoms with van der Waals surface area (Å²) in [6.45, 7) is 3.58. The van der Waals surface area contributed by atoms with Gasteiger partial charge in [-0.05, 0) is 55.8 Å². The van der Waals surface area contributed by atoms with Crippen molar-refractivity contribution in [3.63, 3.8) is 0 Å². The van der Waals surface area contributed by atoms with E-state index in [4.69, 9.17) is 0 Å². The summed E-state index contributed by atoms with van der Waals surface area (Å²) in [6.07, 6.45) is 6.18. The van der Waals surface area contributed by atoms with E-state index in [1.807, 2.05) is 12.1 Å². The molecule has 0 aromatic heterocycles. The molecule has 3 nitrogen and oxygen atoms in total. The third-order valence-corrected chi connectivity index (χ3v) is 3.47. The molecule has 1 saturated carbocycles. The van der Waals surface area contributed by atoms with Gasteiger partial charge in [0.25, 0.3) is 0 Å². The molecule has 2 rings (SSSR count). The number of unbranched alkanes of at least 4 members (excludes halogenated alkanes) is 1. The van der Waals surface area contributed by atoms with Crippen molar-refractivity contribution < 1.29 is 4.79 Å². The fraction of sp³-hybridized carbons (Fsp3) is 0.562. The van der Waals surface area contributed by atoms with Crippen LogP contribution in [-0.2, 0) is 11.2 Å². The van der Waals surface area contributed by atoms with E-state index in [9.17, 15) is 4.79 Å². The minimum Gasteiger partial charge on any atom is -0.325 e. The fourth-order valence-electron chi connectivity index (χ4n) is 2.05. The molecular weight excluding hydrogens is 236 g/mol. The lowest BCUT2D eigenvalue weighted by Gasteiger charge is -2.07. The Bertz CT molecular complexity index is 396. The zero-order valence-corrected chi connectivity index (χ0v) is 11.7. The lowest BCUT2D eigenvalue weighted by atomic mass is 10.1. The van der Waals surface area contributed by atoms with E-state index >= 15 is 0 Å². The van der Waals surface area contributed by atoms with Crippen molar-refractivity contribution in [3.8, 4) is 0 Å². The van der Waals surface area contributed by atoms with Crippen LogP contribution >= 0.6 is 0 Å². The van der Waals surface area contributed by atoms with Gasteiger partial charge >= 0.3 is 0 Å². The zero-order chi connectivity index (χ0) is 13.5. The quantitative estimate of drug-likeness (QED) is 0.754. The van der Waals surface area contributed by atoms with Crippen LogP contribution in [0.2, 0.25) is 0 Å². The van der Waals surface area contributed by atoms with Crippen LogP contribution < -0.4 is 10.6 Å². The van der Waals surface area contributed by atoms with E-state index in [1.165, 1.54) is 31.2 Å². The van der Waals surface area contributed by atoms with Crippen molar-refractivity contribution >= 4 is 11.6 Å². The molecule has 0 atom stereocenters. The predicted octanol–water partition coefficient (Wildman–Crippen LogP) is 2.97. The molecule has 1 fully saturated rings. The third-order valence-electron chi connectivity index (χ3n) is 3.47. The zero-order valence-electron chi connectivity index (χ0n) is 11.7. The van der Waals surface area contributed by atoms with E-state index in [0.717, 1.165) is 24.6 Å². The number of hydrogen-bond donors (Lipinski definition) is 2. The van der Waals surface area contributed by atoms with Gasteiger partial charge in [0.15, 0.2) is 0 Å². The van der Waals surface area contributed by atoms with Crippen LogP contribution in [-0.4, -0.2) is 19.0 Å². The van der Waals surface area contributed by atoms with Crippen LogP contribution in [0.3, 0.4) is 0 Å². The highest BCUT2D eigenvalue weighted by molar-refractivity contribution is 5.92. The van der Waals surface area contributed by atoms with E-state index in [-0.39, 0.29) is 5.91 Å². The van der Waals surface area contributed by atoms with Gasteiger partial charge < -0.3 is 10.6 Å². The highest BCUT2D eigenvalue weighted by Crippen LogP contribution is 2.27. The topological polar surface area (TPSA) is 41.1 Å². The standard InChI is InChI=1S/C16H24N2O/c1-2-3-4-13-7-9-15(10-8-13)18-16(19)12-17-11-14-5-6-14/h7-10,14,17H,2-6,11-12H2,1H3,(H,18,19). The minimum absolute atomic E-state index is 0.0435. The fourth-order valence-corrected chi connectivity index (χ4v) is 2.05. The Morgan fingerprint density at radius 3 is 2.63 bits per heavy atom. The minimum atomic E-state index is 0.0435. The molecule has 104 valence electrons. The summed E-state index contributed by atoms with van der Waals surface area (Å²) < 4.78 is 0. The molecular formula is C16H24N2O. The van der Waals surface area contributed by atoms with Crippen molar-refractivity contribution in [2.45, 2.75) is 39.0 Å². The second kappa shape index (κ2) is 7.29. The summed E-state index contributed by atoms with van der Waals surface area (Å²) in [6, 6.07) is 8.18. The summed E-state index contributed by atoms with van der Waals surface area (Å²) in [5.74, 6) is 0.854. The molecule has 1 aliphatic carbocycles. The number of amides is 1. The number of anilines is 1. The largest absolute Gasteiger partial charge is 0.325 e. The Kier molecular flexibility index (Phi) is 5.40. The van der Waals surface area contributed by atoms with Gasteiger partial charge in [0.1, 0.15) is 0 Å². The van der Waals surface area contributed by atoms with E-state index in [0.29, 0.717) is 6.54 Å². The Labute approximate surface area is 115 Å². The van der Waals surface area contributed by atoms with E-state index < -0.39 is 0 Å². The van der Waals surface area contributed by atoms with Crippen molar-refractivity contribution in [1.29, 1.82) is 0 Å². The van der Waals surface area contributed by atoms with E-state index in [1.54, 1.807) is 0 Å². The summed E-state index contributed by atoms with van der Waals surface area (Å²) in [4.78, 5) is 11.7. The van der Waals surface area contributed by atoms with Gasteiger partial charge in [-0.25, -0.2) is 0 Å². The molecule has 19 heavy (non-hydrogen) atoms. The number of benzene rings is 1. The van der Waals surface area contributed by atoms with Gasteiger partial charge in [-0.1, -0.05) is 25.5 Å². The molecule has 0 saturated heterocycles. The van der Waals surface area contributed by atoms with Crippen LogP contribution in [0.5, 0.6) is 0 Å². The summed E-state index contributed by atoms with van der Waals surface area (Å²) in [7, 11) is 0. The molecule has 0 unspecified atom stereocenters. The van der Waals surface area contributed by atoms with Crippen molar-refractivity contribution in [1.82, 2.24) is 5.32 Å². The maximum Gasteiger partial charge on any atom is 0.238 e. The number of nitrogens with one attached hydrogen (secondary N) is 2. The Morgan fingerprint density at radius 2 is 2.00 bits per heavy atom. The molecule has 1 aromatic rings. The van der Waals surface area contributed by atoms with Crippen molar-refractivity contribution in [2.75, 3.05) is 18.4 Å². The molecule has 0 heterocycles. The predicted molar refractivity (Wildman–Crippen MR) is 79.3 cm³/mol. The second-order valence-corrected chi connectivity index (χ2v) is 5.42. The lowest BCUT2D eigenvalue weighted by Crippen LogP contribution is -2.29. The van der Waals surface area contributed by atoms with Gasteiger partial charge in [-0.2, -0.15) is 0 Å². The molecule has 0 spiro atoms. The first-order chi connectivity index (χ1) is 9.28. The Morgan fingerprint density at radius 1 is 1.26 bits per heavy atom.